The van der Waals surface area contributed by atoms with Gasteiger partial charge in [0.05, 0.1) is 18.2 Å². The van der Waals surface area contributed by atoms with E-state index >= 15 is 0 Å². The molecule has 1 aliphatic carbocycles. The molecule has 188 valence electrons. The number of nitrogens with one attached hydrogen (secondary N) is 3. The van der Waals surface area contributed by atoms with Gasteiger partial charge < -0.3 is 20.7 Å². The third-order valence-electron chi connectivity index (χ3n) is 7.63. The lowest BCUT2D eigenvalue weighted by atomic mass is 9.64. The number of esters is 1. The Bertz CT molecular complexity index is 1170. The highest BCUT2D eigenvalue weighted by Gasteiger charge is 2.46. The fourth-order valence-corrected chi connectivity index (χ4v) is 5.40. The number of rotatable bonds is 9. The van der Waals surface area contributed by atoms with Crippen molar-refractivity contribution >= 4 is 23.4 Å². The monoisotopic (exact) mass is 485 g/mol. The summed E-state index contributed by atoms with van der Waals surface area (Å²) in [5.74, 6) is 1.20. The molecule has 3 N–H and O–H groups in total. The molecule has 5 rings (SSSR count). The van der Waals surface area contributed by atoms with Gasteiger partial charge in [-0.15, -0.1) is 0 Å². The van der Waals surface area contributed by atoms with Crippen molar-refractivity contribution in [2.45, 2.75) is 62.9 Å². The van der Waals surface area contributed by atoms with Crippen LogP contribution < -0.4 is 16.0 Å². The van der Waals surface area contributed by atoms with Gasteiger partial charge in [-0.25, -0.2) is 4.98 Å². The number of benzene rings is 2. The first-order valence-corrected chi connectivity index (χ1v) is 13.0. The van der Waals surface area contributed by atoms with Crippen LogP contribution in [-0.4, -0.2) is 41.7 Å². The molecule has 1 saturated heterocycles. The predicted molar refractivity (Wildman–Crippen MR) is 143 cm³/mol. The minimum atomic E-state index is -0.502. The number of ether oxygens (including phenoxy) is 1. The first-order chi connectivity index (χ1) is 17.6. The highest BCUT2D eigenvalue weighted by molar-refractivity contribution is 5.84. The van der Waals surface area contributed by atoms with E-state index in [4.69, 9.17) is 14.7 Å². The van der Waals surface area contributed by atoms with Gasteiger partial charge in [0.2, 0.25) is 5.95 Å². The molecular formula is C29H35N5O2. The Hall–Kier alpha value is -3.45. The van der Waals surface area contributed by atoms with E-state index in [2.05, 4.69) is 35.0 Å². The Morgan fingerprint density at radius 1 is 1.11 bits per heavy atom. The lowest BCUT2D eigenvalue weighted by molar-refractivity contribution is -0.151. The maximum Gasteiger partial charge on any atom is 0.316 e. The SMILES string of the molecule is CCC(Nc1cc(-c2ccccc2)nc(Nc2ccc(C3(C(=O)OC)CCC3)cc2)n1)C1CCCN1. The topological polar surface area (TPSA) is 88.2 Å². The molecule has 2 heterocycles. The number of methoxy groups -OCH3 is 1. The number of nitrogens with zero attached hydrogens (tertiary/aromatic N) is 2. The highest BCUT2D eigenvalue weighted by atomic mass is 16.5. The molecule has 1 aromatic heterocycles. The lowest BCUT2D eigenvalue weighted by Crippen LogP contribution is -2.43. The molecule has 2 atom stereocenters. The highest BCUT2D eigenvalue weighted by Crippen LogP contribution is 2.45. The van der Waals surface area contributed by atoms with Crippen LogP contribution in [0.1, 0.15) is 51.0 Å². The van der Waals surface area contributed by atoms with Gasteiger partial charge in [-0.05, 0) is 56.3 Å². The van der Waals surface area contributed by atoms with Gasteiger partial charge in [-0.3, -0.25) is 4.79 Å². The van der Waals surface area contributed by atoms with Crippen LogP contribution in [0.5, 0.6) is 0 Å². The van der Waals surface area contributed by atoms with Gasteiger partial charge in [-0.1, -0.05) is 55.8 Å². The van der Waals surface area contributed by atoms with Crippen molar-refractivity contribution in [1.82, 2.24) is 15.3 Å². The van der Waals surface area contributed by atoms with Crippen molar-refractivity contribution < 1.29 is 9.53 Å². The largest absolute Gasteiger partial charge is 0.468 e. The fourth-order valence-electron chi connectivity index (χ4n) is 5.40. The molecular weight excluding hydrogens is 450 g/mol. The molecule has 0 bridgehead atoms. The lowest BCUT2D eigenvalue weighted by Gasteiger charge is -2.39. The van der Waals surface area contributed by atoms with Gasteiger partial charge >= 0.3 is 5.97 Å². The van der Waals surface area contributed by atoms with E-state index in [0.717, 1.165) is 60.6 Å². The molecule has 1 aliphatic heterocycles. The van der Waals surface area contributed by atoms with Crippen LogP contribution in [0.15, 0.2) is 60.7 Å². The van der Waals surface area contributed by atoms with Crippen molar-refractivity contribution in [2.75, 3.05) is 24.3 Å². The summed E-state index contributed by atoms with van der Waals surface area (Å²) in [5.41, 5.74) is 3.28. The first-order valence-electron chi connectivity index (χ1n) is 13.0. The zero-order valence-electron chi connectivity index (χ0n) is 21.1. The average Bonchev–Trinajstić information content (AvgIpc) is 3.43. The number of anilines is 3. The van der Waals surface area contributed by atoms with Crippen LogP contribution in [0.4, 0.5) is 17.5 Å². The number of carbonyl (C=O) groups is 1. The molecule has 2 aromatic carbocycles. The predicted octanol–water partition coefficient (Wildman–Crippen LogP) is 5.42. The Kier molecular flexibility index (Phi) is 7.18. The van der Waals surface area contributed by atoms with Gasteiger partial charge in [0, 0.05) is 29.4 Å². The van der Waals surface area contributed by atoms with E-state index in [-0.39, 0.29) is 5.97 Å². The van der Waals surface area contributed by atoms with Gasteiger partial charge in [-0.2, -0.15) is 4.98 Å². The Balaban J connectivity index is 1.41. The second-order valence-corrected chi connectivity index (χ2v) is 9.82. The second kappa shape index (κ2) is 10.7. The van der Waals surface area contributed by atoms with Crippen molar-refractivity contribution in [3.05, 3.63) is 66.2 Å². The molecule has 36 heavy (non-hydrogen) atoms. The maximum atomic E-state index is 12.4. The summed E-state index contributed by atoms with van der Waals surface area (Å²) in [6.45, 7) is 3.28. The summed E-state index contributed by atoms with van der Waals surface area (Å²) < 4.78 is 5.10. The molecule has 1 saturated carbocycles. The van der Waals surface area contributed by atoms with E-state index in [1.165, 1.54) is 20.0 Å². The Morgan fingerprint density at radius 2 is 1.89 bits per heavy atom. The zero-order chi connectivity index (χ0) is 25.0. The summed E-state index contributed by atoms with van der Waals surface area (Å²) in [7, 11) is 1.47. The first kappa shape index (κ1) is 24.3. The molecule has 2 unspecified atom stereocenters. The standard InChI is InChI=1S/C29H35N5O2/c1-3-23(24-11-7-18-30-24)32-26-19-25(20-9-5-4-6-10-20)33-28(34-26)31-22-14-12-21(13-15-22)29(16-8-17-29)27(35)36-2/h4-6,9-10,12-15,19,23-24,30H,3,7-8,11,16-18H2,1-2H3,(H2,31,32,33,34). The minimum absolute atomic E-state index is 0.147. The van der Waals surface area contributed by atoms with Crippen LogP contribution >= 0.6 is 0 Å². The van der Waals surface area contributed by atoms with Crippen LogP contribution in [0.2, 0.25) is 0 Å². The van der Waals surface area contributed by atoms with Gasteiger partial charge in [0.15, 0.2) is 0 Å². The van der Waals surface area contributed by atoms with Crippen molar-refractivity contribution in [3.8, 4) is 11.3 Å². The summed E-state index contributed by atoms with van der Waals surface area (Å²) in [6, 6.07) is 20.9. The molecule has 2 fully saturated rings. The Labute approximate surface area is 213 Å². The third-order valence-corrected chi connectivity index (χ3v) is 7.63. The molecule has 7 heteroatoms. The van der Waals surface area contributed by atoms with E-state index in [9.17, 15) is 4.79 Å². The Morgan fingerprint density at radius 3 is 2.50 bits per heavy atom. The number of hydrogen-bond acceptors (Lipinski definition) is 7. The van der Waals surface area contributed by atoms with Crippen molar-refractivity contribution in [3.63, 3.8) is 0 Å². The molecule has 0 spiro atoms. The zero-order valence-corrected chi connectivity index (χ0v) is 21.1. The minimum Gasteiger partial charge on any atom is -0.468 e. The second-order valence-electron chi connectivity index (χ2n) is 9.82. The molecule has 0 radical (unpaired) electrons. The van der Waals surface area contributed by atoms with Crippen LogP contribution in [-0.2, 0) is 14.9 Å². The van der Waals surface area contributed by atoms with Gasteiger partial charge in [0.25, 0.3) is 0 Å². The number of aromatic nitrogens is 2. The third kappa shape index (κ3) is 4.93. The van der Waals surface area contributed by atoms with Crippen LogP contribution in [0, 0.1) is 0 Å². The van der Waals surface area contributed by atoms with E-state index in [1.54, 1.807) is 0 Å². The maximum absolute atomic E-state index is 12.4. The smallest absolute Gasteiger partial charge is 0.316 e. The van der Waals surface area contributed by atoms with E-state index < -0.39 is 5.41 Å². The molecule has 2 aliphatic rings. The fraction of sp³-hybridized carbons (Fsp3) is 0.414. The summed E-state index contributed by atoms with van der Waals surface area (Å²) >= 11 is 0. The van der Waals surface area contributed by atoms with Gasteiger partial charge in [0.1, 0.15) is 5.82 Å². The number of hydrogen-bond donors (Lipinski definition) is 3. The number of carbonyl (C=O) groups excluding carboxylic acids is 1. The molecule has 3 aromatic rings. The van der Waals surface area contributed by atoms with Crippen LogP contribution in [0.25, 0.3) is 11.3 Å². The van der Waals surface area contributed by atoms with E-state index in [0.29, 0.717) is 18.0 Å². The van der Waals surface area contributed by atoms with Crippen LogP contribution in [0.3, 0.4) is 0 Å². The normalized spacial score (nSPS) is 19.2. The summed E-state index contributed by atoms with van der Waals surface area (Å²) in [5, 5.41) is 10.7. The molecule has 0 amide bonds. The summed E-state index contributed by atoms with van der Waals surface area (Å²) in [6.07, 6.45) is 6.10. The quantitative estimate of drug-likeness (QED) is 0.349. The van der Waals surface area contributed by atoms with Crippen molar-refractivity contribution in [2.24, 2.45) is 0 Å². The van der Waals surface area contributed by atoms with Crippen molar-refractivity contribution in [1.29, 1.82) is 0 Å². The average molecular weight is 486 g/mol. The van der Waals surface area contributed by atoms with E-state index in [1.807, 2.05) is 48.5 Å². The summed E-state index contributed by atoms with van der Waals surface area (Å²) in [4.78, 5) is 22.1. The molecule has 7 nitrogen and oxygen atoms in total.